The molecule has 1 saturated heterocycles. The van der Waals surface area contributed by atoms with Gasteiger partial charge in [0.2, 0.25) is 11.8 Å². The Labute approximate surface area is 189 Å². The van der Waals surface area contributed by atoms with Gasteiger partial charge < -0.3 is 20.6 Å². The van der Waals surface area contributed by atoms with Gasteiger partial charge in [0, 0.05) is 43.5 Å². The maximum Gasteiger partial charge on any atom is 0.225 e. The molecule has 32 heavy (non-hydrogen) atoms. The van der Waals surface area contributed by atoms with Gasteiger partial charge in [0.05, 0.1) is 12.0 Å². The number of hydrogen-bond acceptors (Lipinski definition) is 5. The van der Waals surface area contributed by atoms with Crippen molar-refractivity contribution in [1.82, 2.24) is 10.3 Å². The lowest BCUT2D eigenvalue weighted by Gasteiger charge is -2.35. The van der Waals surface area contributed by atoms with Crippen molar-refractivity contribution in [2.75, 3.05) is 23.3 Å². The molecular formula is C25H32N4O3. The molecule has 7 nitrogen and oxygen atoms in total. The van der Waals surface area contributed by atoms with Crippen LogP contribution >= 0.6 is 0 Å². The number of rotatable bonds is 5. The molecule has 0 bridgehead atoms. The van der Waals surface area contributed by atoms with Crippen molar-refractivity contribution in [1.29, 1.82) is 0 Å². The quantitative estimate of drug-likeness (QED) is 0.668. The Bertz CT molecular complexity index is 938. The molecule has 0 spiro atoms. The van der Waals surface area contributed by atoms with Gasteiger partial charge in [-0.2, -0.15) is 0 Å². The molecule has 2 heterocycles. The van der Waals surface area contributed by atoms with Gasteiger partial charge in [-0.05, 0) is 68.4 Å². The van der Waals surface area contributed by atoms with Gasteiger partial charge in [0.15, 0.2) is 0 Å². The van der Waals surface area contributed by atoms with Gasteiger partial charge in [-0.1, -0.05) is 12.1 Å². The van der Waals surface area contributed by atoms with Crippen LogP contribution in [0.25, 0.3) is 11.1 Å². The molecule has 2 fully saturated rings. The summed E-state index contributed by atoms with van der Waals surface area (Å²) in [6, 6.07) is 11.9. The molecule has 1 atom stereocenters. The second kappa shape index (κ2) is 10.1. The highest BCUT2D eigenvalue weighted by atomic mass is 16.3. The summed E-state index contributed by atoms with van der Waals surface area (Å²) < 4.78 is 0. The van der Waals surface area contributed by atoms with Gasteiger partial charge in [-0.25, -0.2) is 4.98 Å². The van der Waals surface area contributed by atoms with E-state index in [0.717, 1.165) is 67.7 Å². The van der Waals surface area contributed by atoms with Crippen LogP contribution in [-0.2, 0) is 9.59 Å². The second-order valence-corrected chi connectivity index (χ2v) is 8.93. The van der Waals surface area contributed by atoms with Gasteiger partial charge in [-0.15, -0.1) is 0 Å². The number of piperidine rings is 1. The third kappa shape index (κ3) is 5.46. The molecule has 1 aromatic carbocycles. The minimum atomic E-state index is -0.219. The first kappa shape index (κ1) is 22.3. The predicted molar refractivity (Wildman–Crippen MR) is 125 cm³/mol. The average molecular weight is 437 g/mol. The van der Waals surface area contributed by atoms with Crippen LogP contribution in [-0.4, -0.2) is 47.1 Å². The minimum absolute atomic E-state index is 0.0624. The molecule has 2 aromatic rings. The van der Waals surface area contributed by atoms with Crippen molar-refractivity contribution < 1.29 is 14.7 Å². The zero-order valence-electron chi connectivity index (χ0n) is 18.6. The fourth-order valence-corrected chi connectivity index (χ4v) is 4.73. The molecule has 170 valence electrons. The largest absolute Gasteiger partial charge is 0.393 e. The Hall–Kier alpha value is -2.93. The van der Waals surface area contributed by atoms with Crippen molar-refractivity contribution in [3.8, 4) is 11.1 Å². The number of hydrogen-bond donors (Lipinski definition) is 3. The van der Waals surface area contributed by atoms with E-state index in [2.05, 4.69) is 20.5 Å². The average Bonchev–Trinajstić information content (AvgIpc) is 2.81. The monoisotopic (exact) mass is 436 g/mol. The number of benzene rings is 1. The van der Waals surface area contributed by atoms with Crippen LogP contribution in [0.15, 0.2) is 42.6 Å². The van der Waals surface area contributed by atoms with Crippen LogP contribution in [0.3, 0.4) is 0 Å². The number of anilines is 2. The number of carbonyl (C=O) groups excluding carboxylic acids is 2. The first-order valence-corrected chi connectivity index (χ1v) is 11.6. The van der Waals surface area contributed by atoms with Crippen LogP contribution in [0.5, 0.6) is 0 Å². The van der Waals surface area contributed by atoms with Crippen molar-refractivity contribution in [3.63, 3.8) is 0 Å². The lowest BCUT2D eigenvalue weighted by Crippen LogP contribution is -2.47. The van der Waals surface area contributed by atoms with Gasteiger partial charge in [0.1, 0.15) is 5.82 Å². The first-order chi connectivity index (χ1) is 15.5. The van der Waals surface area contributed by atoms with Crippen LogP contribution < -0.4 is 15.5 Å². The highest BCUT2D eigenvalue weighted by molar-refractivity contribution is 5.89. The van der Waals surface area contributed by atoms with Crippen molar-refractivity contribution in [2.45, 2.75) is 57.6 Å². The maximum absolute atomic E-state index is 13.0. The summed E-state index contributed by atoms with van der Waals surface area (Å²) >= 11 is 0. The molecule has 7 heteroatoms. The van der Waals surface area contributed by atoms with E-state index in [-0.39, 0.29) is 29.9 Å². The Balaban J connectivity index is 1.45. The fourth-order valence-electron chi connectivity index (χ4n) is 4.73. The second-order valence-electron chi connectivity index (χ2n) is 8.93. The summed E-state index contributed by atoms with van der Waals surface area (Å²) in [6.45, 7) is 3.01. The Kier molecular flexibility index (Phi) is 7.05. The van der Waals surface area contributed by atoms with Crippen molar-refractivity contribution in [3.05, 3.63) is 42.6 Å². The number of amides is 2. The van der Waals surface area contributed by atoms with E-state index < -0.39 is 0 Å². The highest BCUT2D eigenvalue weighted by Crippen LogP contribution is 2.32. The number of nitrogens with zero attached hydrogens (tertiary/aromatic N) is 2. The van der Waals surface area contributed by atoms with Crippen molar-refractivity contribution >= 4 is 23.3 Å². The normalized spacial score (nSPS) is 23.4. The van der Waals surface area contributed by atoms with Crippen molar-refractivity contribution in [2.24, 2.45) is 5.92 Å². The number of aliphatic hydroxyl groups is 1. The molecule has 1 aliphatic carbocycles. The van der Waals surface area contributed by atoms with Crippen LogP contribution in [0, 0.1) is 5.92 Å². The number of carbonyl (C=O) groups is 2. The summed E-state index contributed by atoms with van der Waals surface area (Å²) in [5.74, 6) is 0.848. The molecule has 1 aliphatic heterocycles. The lowest BCUT2D eigenvalue weighted by molar-refractivity contribution is -0.126. The third-order valence-electron chi connectivity index (χ3n) is 6.44. The summed E-state index contributed by atoms with van der Waals surface area (Å²) in [7, 11) is 0. The van der Waals surface area contributed by atoms with Crippen LogP contribution in [0.1, 0.15) is 45.4 Å². The Morgan fingerprint density at radius 2 is 1.81 bits per heavy atom. The molecule has 1 saturated carbocycles. The number of aliphatic hydroxyl groups excluding tert-OH is 1. The van der Waals surface area contributed by atoms with E-state index in [1.54, 1.807) is 6.20 Å². The minimum Gasteiger partial charge on any atom is -0.393 e. The highest BCUT2D eigenvalue weighted by Gasteiger charge is 2.30. The molecular weight excluding hydrogens is 404 g/mol. The van der Waals surface area contributed by atoms with Crippen LogP contribution in [0.2, 0.25) is 0 Å². The number of nitrogens with one attached hydrogen (secondary N) is 2. The summed E-state index contributed by atoms with van der Waals surface area (Å²) in [6.07, 6.45) is 6.62. The molecule has 3 N–H and O–H groups in total. The Morgan fingerprint density at radius 1 is 1.06 bits per heavy atom. The van der Waals surface area contributed by atoms with Gasteiger partial charge >= 0.3 is 0 Å². The molecule has 4 rings (SSSR count). The molecule has 0 unspecified atom stereocenters. The smallest absolute Gasteiger partial charge is 0.225 e. The summed E-state index contributed by atoms with van der Waals surface area (Å²) in [5, 5.41) is 15.7. The maximum atomic E-state index is 13.0. The number of pyridine rings is 1. The Morgan fingerprint density at radius 3 is 2.53 bits per heavy atom. The van der Waals surface area contributed by atoms with E-state index in [4.69, 9.17) is 0 Å². The molecule has 2 amide bonds. The van der Waals surface area contributed by atoms with Crippen LogP contribution in [0.4, 0.5) is 11.5 Å². The zero-order valence-corrected chi connectivity index (χ0v) is 18.6. The SMILES string of the molecule is CC(=O)Nc1ccc(-c2cccnc2N2CCC[C@H](C(=O)NC3CCC(O)CC3)C2)cc1. The topological polar surface area (TPSA) is 94.6 Å². The molecule has 2 aliphatic rings. The van der Waals surface area contributed by atoms with Gasteiger partial charge in [-0.3, -0.25) is 9.59 Å². The van der Waals surface area contributed by atoms with E-state index in [1.807, 2.05) is 36.4 Å². The summed E-state index contributed by atoms with van der Waals surface area (Å²) in [5.41, 5.74) is 2.80. The van der Waals surface area contributed by atoms with E-state index in [1.165, 1.54) is 6.92 Å². The first-order valence-electron chi connectivity index (χ1n) is 11.6. The fraction of sp³-hybridized carbons (Fsp3) is 0.480. The third-order valence-corrected chi connectivity index (χ3v) is 6.44. The van der Waals surface area contributed by atoms with Gasteiger partial charge in [0.25, 0.3) is 0 Å². The van der Waals surface area contributed by atoms with E-state index >= 15 is 0 Å². The van der Waals surface area contributed by atoms with E-state index in [9.17, 15) is 14.7 Å². The predicted octanol–water partition coefficient (Wildman–Crippen LogP) is 3.34. The van der Waals surface area contributed by atoms with E-state index in [0.29, 0.717) is 6.54 Å². The lowest BCUT2D eigenvalue weighted by atomic mass is 9.91. The number of aromatic nitrogens is 1. The standard InChI is InChI=1S/C25H32N4O3/c1-17(30)27-20-8-6-18(7-9-20)23-5-2-14-26-24(23)29-15-3-4-19(16-29)25(32)28-21-10-12-22(31)13-11-21/h2,5-9,14,19,21-22,31H,3-4,10-13,15-16H2,1H3,(H,27,30)(H,28,32)/t19-,21?,22?/m0/s1. The zero-order chi connectivity index (χ0) is 22.5. The molecule has 1 aromatic heterocycles. The molecule has 0 radical (unpaired) electrons. The summed E-state index contributed by atoms with van der Waals surface area (Å²) in [4.78, 5) is 31.1.